The first-order valence-corrected chi connectivity index (χ1v) is 6.67. The van der Waals surface area contributed by atoms with Gasteiger partial charge in [-0.15, -0.1) is 0 Å². The van der Waals surface area contributed by atoms with Crippen LogP contribution in [0.2, 0.25) is 5.02 Å². The Morgan fingerprint density at radius 2 is 2.11 bits per heavy atom. The monoisotopic (exact) mass is 339 g/mol. The zero-order valence-electron chi connectivity index (χ0n) is 10.1. The van der Waals surface area contributed by atoms with Crippen LogP contribution in [-0.2, 0) is 0 Å². The Morgan fingerprint density at radius 1 is 1.32 bits per heavy atom. The van der Waals surface area contributed by atoms with Gasteiger partial charge in [0.2, 0.25) is 0 Å². The van der Waals surface area contributed by atoms with Crippen LogP contribution in [0.5, 0.6) is 0 Å². The number of pyridine rings is 1. The summed E-state index contributed by atoms with van der Waals surface area (Å²) in [6.45, 7) is 0. The number of benzene rings is 1. The molecule has 0 saturated heterocycles. The highest BCUT2D eigenvalue weighted by molar-refractivity contribution is 9.10. The molecule has 0 fully saturated rings. The van der Waals surface area contributed by atoms with Crippen LogP contribution < -0.4 is 10.6 Å². The predicted octanol–water partition coefficient (Wildman–Crippen LogP) is 3.79. The number of aromatic nitrogens is 1. The van der Waals surface area contributed by atoms with Crippen LogP contribution in [0.25, 0.3) is 0 Å². The number of amides is 1. The van der Waals surface area contributed by atoms with Crippen molar-refractivity contribution in [3.63, 3.8) is 0 Å². The Hall–Kier alpha value is -1.59. The van der Waals surface area contributed by atoms with Crippen molar-refractivity contribution in [2.75, 3.05) is 17.7 Å². The molecule has 0 saturated carbocycles. The highest BCUT2D eigenvalue weighted by Gasteiger charge is 2.10. The molecular weight excluding hydrogens is 330 g/mol. The van der Waals surface area contributed by atoms with E-state index >= 15 is 0 Å². The number of nitrogens with one attached hydrogen (secondary N) is 2. The van der Waals surface area contributed by atoms with Crippen LogP contribution in [0.4, 0.5) is 11.4 Å². The van der Waals surface area contributed by atoms with Gasteiger partial charge in [0.1, 0.15) is 5.69 Å². The Kier molecular flexibility index (Phi) is 4.39. The second kappa shape index (κ2) is 6.04. The van der Waals surface area contributed by atoms with Gasteiger partial charge >= 0.3 is 0 Å². The summed E-state index contributed by atoms with van der Waals surface area (Å²) >= 11 is 9.24. The summed E-state index contributed by atoms with van der Waals surface area (Å²) in [5, 5.41) is 6.24. The zero-order chi connectivity index (χ0) is 13.8. The van der Waals surface area contributed by atoms with E-state index < -0.39 is 0 Å². The zero-order valence-corrected chi connectivity index (χ0v) is 12.4. The van der Waals surface area contributed by atoms with E-state index in [9.17, 15) is 4.79 Å². The van der Waals surface area contributed by atoms with Crippen LogP contribution in [0.1, 0.15) is 10.5 Å². The number of carbonyl (C=O) groups is 1. The second-order valence-electron chi connectivity index (χ2n) is 3.76. The number of anilines is 2. The summed E-state index contributed by atoms with van der Waals surface area (Å²) in [6.07, 6.45) is 1.60. The highest BCUT2D eigenvalue weighted by Crippen LogP contribution is 2.26. The number of rotatable bonds is 3. The Balaban J connectivity index is 2.18. The molecule has 4 nitrogen and oxygen atoms in total. The van der Waals surface area contributed by atoms with Crippen LogP contribution in [0.3, 0.4) is 0 Å². The van der Waals surface area contributed by atoms with E-state index in [2.05, 4.69) is 31.5 Å². The Bertz CT molecular complexity index is 601. The largest absolute Gasteiger partial charge is 0.387 e. The molecule has 0 atom stereocenters. The maximum Gasteiger partial charge on any atom is 0.274 e. The van der Waals surface area contributed by atoms with Gasteiger partial charge in [0.15, 0.2) is 0 Å². The van der Waals surface area contributed by atoms with Gasteiger partial charge in [0, 0.05) is 16.5 Å². The maximum absolute atomic E-state index is 12.0. The fourth-order valence-corrected chi connectivity index (χ4v) is 1.97. The summed E-state index contributed by atoms with van der Waals surface area (Å²) < 4.78 is 0.761. The molecule has 0 unspecified atom stereocenters. The smallest absolute Gasteiger partial charge is 0.274 e. The van der Waals surface area contributed by atoms with Crippen molar-refractivity contribution in [1.29, 1.82) is 0 Å². The average molecular weight is 341 g/mol. The molecule has 1 amide bonds. The molecule has 1 aromatic heterocycles. The van der Waals surface area contributed by atoms with Crippen LogP contribution >= 0.6 is 27.5 Å². The highest BCUT2D eigenvalue weighted by atomic mass is 79.9. The minimum atomic E-state index is -0.286. The molecule has 0 aliphatic carbocycles. The van der Waals surface area contributed by atoms with E-state index in [1.54, 1.807) is 43.6 Å². The quantitative estimate of drug-likeness (QED) is 0.894. The third-order valence-corrected chi connectivity index (χ3v) is 3.39. The topological polar surface area (TPSA) is 54.0 Å². The van der Waals surface area contributed by atoms with Gasteiger partial charge in [-0.2, -0.15) is 0 Å². The normalized spacial score (nSPS) is 10.1. The lowest BCUT2D eigenvalue weighted by Crippen LogP contribution is -2.14. The van der Waals surface area contributed by atoms with Gasteiger partial charge in [0.05, 0.1) is 17.6 Å². The molecule has 1 heterocycles. The molecule has 1 aromatic carbocycles. The number of hydrogen-bond donors (Lipinski definition) is 2. The first-order valence-electron chi connectivity index (χ1n) is 5.50. The fourth-order valence-electron chi connectivity index (χ4n) is 1.46. The standard InChI is InChI=1S/C13H11BrClN3O/c1-16-9-3-5-11(17-7-9)13(19)18-12-6-8(15)2-4-10(12)14/h2-7,16H,1H3,(H,18,19). The van der Waals surface area contributed by atoms with E-state index in [1.807, 2.05) is 0 Å². The first kappa shape index (κ1) is 13.8. The van der Waals surface area contributed by atoms with Crippen molar-refractivity contribution < 1.29 is 4.79 Å². The third kappa shape index (κ3) is 3.45. The molecule has 2 N–H and O–H groups in total. The third-order valence-electron chi connectivity index (χ3n) is 2.46. The van der Waals surface area contributed by atoms with Crippen molar-refractivity contribution >= 4 is 44.8 Å². The summed E-state index contributed by atoms with van der Waals surface area (Å²) in [7, 11) is 1.79. The average Bonchev–Trinajstić information content (AvgIpc) is 2.43. The molecule has 2 rings (SSSR count). The molecule has 0 radical (unpaired) electrons. The van der Waals surface area contributed by atoms with E-state index in [-0.39, 0.29) is 5.91 Å². The van der Waals surface area contributed by atoms with Crippen molar-refractivity contribution in [3.8, 4) is 0 Å². The van der Waals surface area contributed by atoms with Gasteiger partial charge in [-0.05, 0) is 46.3 Å². The summed E-state index contributed by atoms with van der Waals surface area (Å²) in [6, 6.07) is 8.62. The molecule has 19 heavy (non-hydrogen) atoms. The lowest BCUT2D eigenvalue weighted by molar-refractivity contribution is 0.102. The van der Waals surface area contributed by atoms with Gasteiger partial charge in [-0.25, -0.2) is 4.98 Å². The fraction of sp³-hybridized carbons (Fsp3) is 0.0769. The van der Waals surface area contributed by atoms with Gasteiger partial charge < -0.3 is 10.6 Å². The van der Waals surface area contributed by atoms with E-state index in [0.29, 0.717) is 16.4 Å². The van der Waals surface area contributed by atoms with Crippen molar-refractivity contribution in [2.24, 2.45) is 0 Å². The summed E-state index contributed by atoms with van der Waals surface area (Å²) in [4.78, 5) is 16.1. The van der Waals surface area contributed by atoms with Crippen LogP contribution in [0.15, 0.2) is 41.0 Å². The number of nitrogens with zero attached hydrogens (tertiary/aromatic N) is 1. The van der Waals surface area contributed by atoms with Crippen molar-refractivity contribution in [1.82, 2.24) is 4.98 Å². The summed E-state index contributed by atoms with van der Waals surface area (Å²) in [5.74, 6) is -0.286. The SMILES string of the molecule is CNc1ccc(C(=O)Nc2cc(Cl)ccc2Br)nc1. The minimum absolute atomic E-state index is 0.286. The second-order valence-corrected chi connectivity index (χ2v) is 5.05. The van der Waals surface area contributed by atoms with Gasteiger partial charge in [-0.1, -0.05) is 11.6 Å². The maximum atomic E-state index is 12.0. The Morgan fingerprint density at radius 3 is 2.74 bits per heavy atom. The van der Waals surface area contributed by atoms with Gasteiger partial charge in [0.25, 0.3) is 5.91 Å². The van der Waals surface area contributed by atoms with Crippen LogP contribution in [0, 0.1) is 0 Å². The lowest BCUT2D eigenvalue weighted by atomic mass is 10.3. The predicted molar refractivity (Wildman–Crippen MR) is 80.9 cm³/mol. The van der Waals surface area contributed by atoms with Gasteiger partial charge in [-0.3, -0.25) is 4.79 Å². The molecular formula is C13H11BrClN3O. The molecule has 0 aliphatic heterocycles. The van der Waals surface area contributed by atoms with Crippen molar-refractivity contribution in [3.05, 3.63) is 51.7 Å². The first-order chi connectivity index (χ1) is 9.10. The molecule has 6 heteroatoms. The van der Waals surface area contributed by atoms with E-state index in [0.717, 1.165) is 10.2 Å². The molecule has 0 bridgehead atoms. The molecule has 98 valence electrons. The lowest BCUT2D eigenvalue weighted by Gasteiger charge is -2.08. The number of hydrogen-bond acceptors (Lipinski definition) is 3. The van der Waals surface area contributed by atoms with E-state index in [1.165, 1.54) is 0 Å². The number of halogens is 2. The molecule has 0 spiro atoms. The molecule has 0 aliphatic rings. The van der Waals surface area contributed by atoms with E-state index in [4.69, 9.17) is 11.6 Å². The minimum Gasteiger partial charge on any atom is -0.387 e. The Labute approximate surface area is 124 Å². The number of carbonyl (C=O) groups excluding carboxylic acids is 1. The molecule has 2 aromatic rings. The van der Waals surface area contributed by atoms with Crippen molar-refractivity contribution in [2.45, 2.75) is 0 Å². The summed E-state index contributed by atoms with van der Waals surface area (Å²) in [5.41, 5.74) is 1.79. The van der Waals surface area contributed by atoms with Crippen LogP contribution in [-0.4, -0.2) is 17.9 Å².